The zero-order valence-corrected chi connectivity index (χ0v) is 15.4. The number of pyridine rings is 1. The van der Waals surface area contributed by atoms with E-state index < -0.39 is 0 Å². The van der Waals surface area contributed by atoms with Crippen LogP contribution in [0.5, 0.6) is 0 Å². The first-order valence-corrected chi connectivity index (χ1v) is 9.63. The monoisotopic (exact) mass is 350 g/mol. The Hall–Kier alpha value is -2.20. The summed E-state index contributed by atoms with van der Waals surface area (Å²) in [6.45, 7) is 3.66. The van der Waals surface area contributed by atoms with Crippen LogP contribution < -0.4 is 0 Å². The fourth-order valence-electron chi connectivity index (χ4n) is 4.20. The number of ether oxygens (including phenoxy) is 1. The standard InChI is InChI=1S/C22H26N2O2/c1-16-7-8-20-17(13-16)9-11-24(22(20)18-5-4-10-23-15-18)21(25)14-19-6-2-3-12-26-19/h4-5,7-8,10,13,15,19,22H,2-3,6,9,11-12,14H2,1H3. The van der Waals surface area contributed by atoms with Gasteiger partial charge in [-0.3, -0.25) is 9.78 Å². The number of hydrogen-bond donors (Lipinski definition) is 0. The Morgan fingerprint density at radius 2 is 2.23 bits per heavy atom. The molecule has 2 atom stereocenters. The molecule has 2 aliphatic rings. The summed E-state index contributed by atoms with van der Waals surface area (Å²) in [5, 5.41) is 0. The number of carbonyl (C=O) groups excluding carboxylic acids is 1. The summed E-state index contributed by atoms with van der Waals surface area (Å²) >= 11 is 0. The first-order chi connectivity index (χ1) is 12.7. The van der Waals surface area contributed by atoms with E-state index >= 15 is 0 Å². The van der Waals surface area contributed by atoms with Crippen LogP contribution in [0.1, 0.15) is 54.0 Å². The maximum atomic E-state index is 13.2. The molecule has 1 amide bonds. The molecule has 1 aromatic carbocycles. The molecular weight excluding hydrogens is 324 g/mol. The van der Waals surface area contributed by atoms with Crippen molar-refractivity contribution in [3.8, 4) is 0 Å². The van der Waals surface area contributed by atoms with Crippen molar-refractivity contribution in [3.63, 3.8) is 0 Å². The van der Waals surface area contributed by atoms with Crippen LogP contribution in [-0.2, 0) is 16.0 Å². The smallest absolute Gasteiger partial charge is 0.225 e. The maximum absolute atomic E-state index is 13.2. The Morgan fingerprint density at radius 1 is 1.31 bits per heavy atom. The van der Waals surface area contributed by atoms with Crippen molar-refractivity contribution in [2.75, 3.05) is 13.2 Å². The van der Waals surface area contributed by atoms with Crippen LogP contribution in [0.4, 0.5) is 0 Å². The van der Waals surface area contributed by atoms with Crippen LogP contribution in [0.2, 0.25) is 0 Å². The molecule has 26 heavy (non-hydrogen) atoms. The average molecular weight is 350 g/mol. The lowest BCUT2D eigenvalue weighted by Crippen LogP contribution is -2.42. The molecule has 1 saturated heterocycles. The van der Waals surface area contributed by atoms with E-state index in [4.69, 9.17) is 4.74 Å². The maximum Gasteiger partial charge on any atom is 0.225 e. The number of hydrogen-bond acceptors (Lipinski definition) is 3. The van der Waals surface area contributed by atoms with Gasteiger partial charge in [0.25, 0.3) is 0 Å². The topological polar surface area (TPSA) is 42.4 Å². The zero-order valence-electron chi connectivity index (χ0n) is 15.4. The molecule has 3 heterocycles. The summed E-state index contributed by atoms with van der Waals surface area (Å²) < 4.78 is 5.81. The molecule has 1 fully saturated rings. The minimum atomic E-state index is -0.0517. The van der Waals surface area contributed by atoms with Crippen molar-refractivity contribution < 1.29 is 9.53 Å². The molecule has 0 saturated carbocycles. The van der Waals surface area contributed by atoms with Crippen molar-refractivity contribution >= 4 is 5.91 Å². The van der Waals surface area contributed by atoms with Gasteiger partial charge in [-0.25, -0.2) is 0 Å². The fourth-order valence-corrected chi connectivity index (χ4v) is 4.20. The van der Waals surface area contributed by atoms with Gasteiger partial charge in [0.05, 0.1) is 18.6 Å². The molecule has 2 aliphatic heterocycles. The number of fused-ring (bicyclic) bond motifs is 1. The van der Waals surface area contributed by atoms with Crippen molar-refractivity contribution in [1.29, 1.82) is 0 Å². The number of aromatic nitrogens is 1. The number of aryl methyl sites for hydroxylation is 1. The highest BCUT2D eigenvalue weighted by atomic mass is 16.5. The normalized spacial score (nSPS) is 22.7. The summed E-state index contributed by atoms with van der Waals surface area (Å²) in [5.41, 5.74) is 4.92. The first-order valence-electron chi connectivity index (χ1n) is 9.63. The van der Waals surface area contributed by atoms with Gasteiger partial charge in [0.15, 0.2) is 0 Å². The molecule has 0 N–H and O–H groups in total. The Kier molecular flexibility index (Phi) is 5.02. The van der Waals surface area contributed by atoms with Gasteiger partial charge < -0.3 is 9.64 Å². The summed E-state index contributed by atoms with van der Waals surface area (Å²) in [4.78, 5) is 19.5. The highest BCUT2D eigenvalue weighted by Gasteiger charge is 2.33. The SMILES string of the molecule is Cc1ccc2c(c1)CCN(C(=O)CC1CCCCO1)C2c1cccnc1. The first kappa shape index (κ1) is 17.2. The molecule has 4 rings (SSSR count). The lowest BCUT2D eigenvalue weighted by molar-refractivity contribution is -0.137. The molecule has 0 aliphatic carbocycles. The Bertz CT molecular complexity index is 769. The molecule has 136 valence electrons. The summed E-state index contributed by atoms with van der Waals surface area (Å²) in [6.07, 6.45) is 8.40. The van der Waals surface area contributed by atoms with Gasteiger partial charge in [-0.2, -0.15) is 0 Å². The number of benzene rings is 1. The summed E-state index contributed by atoms with van der Waals surface area (Å²) in [6, 6.07) is 10.5. The molecule has 4 heteroatoms. The van der Waals surface area contributed by atoms with Crippen LogP contribution in [0.3, 0.4) is 0 Å². The van der Waals surface area contributed by atoms with Crippen LogP contribution in [0.15, 0.2) is 42.7 Å². The van der Waals surface area contributed by atoms with Crippen molar-refractivity contribution in [3.05, 3.63) is 65.0 Å². The van der Waals surface area contributed by atoms with Gasteiger partial charge >= 0.3 is 0 Å². The molecule has 2 aromatic rings. The van der Waals surface area contributed by atoms with Gasteiger partial charge in [-0.15, -0.1) is 0 Å². The van der Waals surface area contributed by atoms with E-state index in [2.05, 4.69) is 36.2 Å². The predicted molar refractivity (Wildman–Crippen MR) is 101 cm³/mol. The number of nitrogens with zero attached hydrogens (tertiary/aromatic N) is 2. The van der Waals surface area contributed by atoms with Gasteiger partial charge in [-0.1, -0.05) is 29.8 Å². The molecule has 1 aromatic heterocycles. The fraction of sp³-hybridized carbons (Fsp3) is 0.455. The van der Waals surface area contributed by atoms with E-state index in [0.717, 1.165) is 44.4 Å². The lowest BCUT2D eigenvalue weighted by atomic mass is 9.87. The largest absolute Gasteiger partial charge is 0.378 e. The molecule has 4 nitrogen and oxygen atoms in total. The number of carbonyl (C=O) groups is 1. The number of amides is 1. The Labute approximate surface area is 155 Å². The van der Waals surface area contributed by atoms with E-state index in [-0.39, 0.29) is 18.1 Å². The second-order valence-corrected chi connectivity index (χ2v) is 7.42. The lowest BCUT2D eigenvalue weighted by Gasteiger charge is -2.38. The van der Waals surface area contributed by atoms with Crippen molar-refractivity contribution in [1.82, 2.24) is 9.88 Å². The van der Waals surface area contributed by atoms with E-state index in [1.165, 1.54) is 16.7 Å². The van der Waals surface area contributed by atoms with Gasteiger partial charge in [0.2, 0.25) is 5.91 Å². The second kappa shape index (κ2) is 7.58. The highest BCUT2D eigenvalue weighted by Crippen LogP contribution is 2.36. The predicted octanol–water partition coefficient (Wildman–Crippen LogP) is 3.82. The quantitative estimate of drug-likeness (QED) is 0.845. The van der Waals surface area contributed by atoms with Gasteiger partial charge in [-0.05, 0) is 55.4 Å². The van der Waals surface area contributed by atoms with Crippen molar-refractivity contribution in [2.45, 2.75) is 51.2 Å². The molecular formula is C22H26N2O2. The molecule has 0 spiro atoms. The zero-order chi connectivity index (χ0) is 17.9. The average Bonchev–Trinajstić information content (AvgIpc) is 2.68. The third-order valence-electron chi connectivity index (χ3n) is 5.52. The van der Waals surface area contributed by atoms with Crippen LogP contribution in [-0.4, -0.2) is 35.0 Å². The van der Waals surface area contributed by atoms with Crippen LogP contribution >= 0.6 is 0 Å². The highest BCUT2D eigenvalue weighted by molar-refractivity contribution is 5.78. The second-order valence-electron chi connectivity index (χ2n) is 7.42. The Balaban J connectivity index is 1.64. The van der Waals surface area contributed by atoms with Crippen LogP contribution in [0.25, 0.3) is 0 Å². The number of rotatable bonds is 3. The van der Waals surface area contributed by atoms with E-state index in [9.17, 15) is 4.79 Å². The Morgan fingerprint density at radius 3 is 3.00 bits per heavy atom. The molecule has 0 radical (unpaired) electrons. The van der Waals surface area contributed by atoms with Crippen molar-refractivity contribution in [2.24, 2.45) is 0 Å². The van der Waals surface area contributed by atoms with Gasteiger partial charge in [0, 0.05) is 25.5 Å². The summed E-state index contributed by atoms with van der Waals surface area (Å²) in [5.74, 6) is 0.192. The van der Waals surface area contributed by atoms with Crippen LogP contribution in [0, 0.1) is 6.92 Å². The van der Waals surface area contributed by atoms with E-state index in [0.29, 0.717) is 6.42 Å². The summed E-state index contributed by atoms with van der Waals surface area (Å²) in [7, 11) is 0. The third kappa shape index (κ3) is 3.51. The minimum Gasteiger partial charge on any atom is -0.378 e. The van der Waals surface area contributed by atoms with E-state index in [1.807, 2.05) is 17.2 Å². The third-order valence-corrected chi connectivity index (χ3v) is 5.52. The minimum absolute atomic E-state index is 0.0517. The van der Waals surface area contributed by atoms with Gasteiger partial charge in [0.1, 0.15) is 0 Å². The molecule has 0 bridgehead atoms. The molecule has 2 unspecified atom stereocenters. The van der Waals surface area contributed by atoms with E-state index in [1.54, 1.807) is 6.20 Å².